The number of benzene rings is 2. The topological polar surface area (TPSA) is 84.9 Å². The van der Waals surface area contributed by atoms with Crippen molar-refractivity contribution in [3.8, 4) is 11.5 Å². The third-order valence-electron chi connectivity index (χ3n) is 4.11. The van der Waals surface area contributed by atoms with Crippen molar-refractivity contribution in [3.63, 3.8) is 0 Å². The first-order valence-electron chi connectivity index (χ1n) is 8.62. The van der Waals surface area contributed by atoms with Crippen LogP contribution in [0.2, 0.25) is 0 Å². The first-order valence-corrected chi connectivity index (χ1v) is 8.62. The minimum absolute atomic E-state index is 0.0180. The van der Waals surface area contributed by atoms with Gasteiger partial charge in [-0.3, -0.25) is 4.79 Å². The fourth-order valence-electron chi connectivity index (χ4n) is 2.43. The average molecular weight is 371 g/mol. The molecule has 0 aliphatic heterocycles. The van der Waals surface area contributed by atoms with E-state index in [2.05, 4.69) is 26.1 Å². The second kappa shape index (κ2) is 8.12. The zero-order chi connectivity index (χ0) is 20.2. The van der Waals surface area contributed by atoms with Crippen molar-refractivity contribution >= 4 is 17.6 Å². The van der Waals surface area contributed by atoms with Gasteiger partial charge in [0.05, 0.1) is 7.11 Å². The van der Waals surface area contributed by atoms with Gasteiger partial charge in [-0.15, -0.1) is 0 Å². The monoisotopic (exact) mass is 371 g/mol. The minimum Gasteiger partial charge on any atom is -0.504 e. The minimum atomic E-state index is -1.04. The number of carbonyl (C=O) groups excluding carboxylic acids is 2. The Bertz CT molecular complexity index is 821. The summed E-state index contributed by atoms with van der Waals surface area (Å²) in [5, 5.41) is 12.7. The Hall–Kier alpha value is -3.02. The molecule has 2 aromatic carbocycles. The molecule has 1 atom stereocenters. The van der Waals surface area contributed by atoms with E-state index in [0.717, 1.165) is 5.56 Å². The zero-order valence-corrected chi connectivity index (χ0v) is 16.2. The molecule has 0 aromatic heterocycles. The summed E-state index contributed by atoms with van der Waals surface area (Å²) >= 11 is 0. The van der Waals surface area contributed by atoms with Crippen molar-refractivity contribution in [2.45, 2.75) is 39.2 Å². The van der Waals surface area contributed by atoms with Crippen LogP contribution in [0, 0.1) is 0 Å². The van der Waals surface area contributed by atoms with E-state index in [0.29, 0.717) is 5.69 Å². The molecular weight excluding hydrogens is 346 g/mol. The highest BCUT2D eigenvalue weighted by molar-refractivity contribution is 5.98. The van der Waals surface area contributed by atoms with Crippen molar-refractivity contribution in [2.75, 3.05) is 12.4 Å². The Morgan fingerprint density at radius 2 is 1.70 bits per heavy atom. The molecule has 27 heavy (non-hydrogen) atoms. The number of para-hydroxylation sites is 1. The van der Waals surface area contributed by atoms with E-state index in [9.17, 15) is 14.7 Å². The fourth-order valence-corrected chi connectivity index (χ4v) is 2.43. The second-order valence-electron chi connectivity index (χ2n) is 7.22. The Morgan fingerprint density at radius 3 is 2.26 bits per heavy atom. The maximum absolute atomic E-state index is 12.3. The lowest BCUT2D eigenvalue weighted by atomic mass is 9.87. The maximum Gasteiger partial charge on any atom is 0.342 e. The Labute approximate surface area is 159 Å². The van der Waals surface area contributed by atoms with Gasteiger partial charge in [-0.2, -0.15) is 0 Å². The van der Waals surface area contributed by atoms with E-state index in [1.807, 2.05) is 12.1 Å². The van der Waals surface area contributed by atoms with Crippen LogP contribution in [0.15, 0.2) is 42.5 Å². The number of anilines is 1. The highest BCUT2D eigenvalue weighted by atomic mass is 16.5. The van der Waals surface area contributed by atoms with Gasteiger partial charge in [-0.05, 0) is 42.2 Å². The van der Waals surface area contributed by atoms with E-state index >= 15 is 0 Å². The van der Waals surface area contributed by atoms with E-state index in [-0.39, 0.29) is 22.5 Å². The van der Waals surface area contributed by atoms with Crippen LogP contribution in [0.25, 0.3) is 0 Å². The Morgan fingerprint density at radius 1 is 1.07 bits per heavy atom. The van der Waals surface area contributed by atoms with Crippen LogP contribution in [0.5, 0.6) is 11.5 Å². The molecule has 6 nitrogen and oxygen atoms in total. The summed E-state index contributed by atoms with van der Waals surface area (Å²) in [4.78, 5) is 24.5. The molecular formula is C21H25NO5. The Kier molecular flexibility index (Phi) is 6.10. The molecule has 0 bridgehead atoms. The number of hydrogen-bond donors (Lipinski definition) is 2. The predicted molar refractivity (Wildman–Crippen MR) is 103 cm³/mol. The van der Waals surface area contributed by atoms with E-state index < -0.39 is 18.0 Å². The number of phenolic OH excluding ortho intramolecular Hbond substituents is 1. The molecule has 0 radical (unpaired) electrons. The molecule has 0 aliphatic carbocycles. The molecule has 2 rings (SSSR count). The number of nitrogens with one attached hydrogen (secondary N) is 1. The van der Waals surface area contributed by atoms with Crippen LogP contribution in [-0.4, -0.2) is 30.2 Å². The molecule has 2 N–H and O–H groups in total. The highest BCUT2D eigenvalue weighted by Gasteiger charge is 2.22. The number of carbonyl (C=O) groups is 2. The normalized spacial score (nSPS) is 12.2. The molecule has 0 heterocycles. The van der Waals surface area contributed by atoms with Crippen LogP contribution in [0.3, 0.4) is 0 Å². The van der Waals surface area contributed by atoms with Gasteiger partial charge in [0.1, 0.15) is 5.56 Å². The van der Waals surface area contributed by atoms with Crippen molar-refractivity contribution in [1.29, 1.82) is 0 Å². The summed E-state index contributed by atoms with van der Waals surface area (Å²) in [6.07, 6.45) is -1.04. The third kappa shape index (κ3) is 5.00. The summed E-state index contributed by atoms with van der Waals surface area (Å²) in [5.41, 5.74) is 1.71. The molecule has 0 spiro atoms. The number of methoxy groups -OCH3 is 1. The maximum atomic E-state index is 12.3. The van der Waals surface area contributed by atoms with Crippen molar-refractivity contribution in [3.05, 3.63) is 53.6 Å². The predicted octanol–water partition coefficient (Wildman–Crippen LogP) is 3.88. The molecule has 1 amide bonds. The SMILES string of the molecule is COc1cccc(C(=O)OC(C)C(=O)Nc2ccc(C(C)(C)C)cc2)c1O. The first kappa shape index (κ1) is 20.3. The molecule has 0 aliphatic rings. The van der Waals surface area contributed by atoms with Crippen LogP contribution in [0.4, 0.5) is 5.69 Å². The van der Waals surface area contributed by atoms with Crippen LogP contribution in [0.1, 0.15) is 43.6 Å². The summed E-state index contributed by atoms with van der Waals surface area (Å²) in [6, 6.07) is 12.0. The van der Waals surface area contributed by atoms with Gasteiger partial charge in [0.2, 0.25) is 0 Å². The zero-order valence-electron chi connectivity index (χ0n) is 16.2. The number of amides is 1. The number of ether oxygens (including phenoxy) is 2. The largest absolute Gasteiger partial charge is 0.504 e. The third-order valence-corrected chi connectivity index (χ3v) is 4.11. The van der Waals surface area contributed by atoms with Gasteiger partial charge in [0.25, 0.3) is 5.91 Å². The van der Waals surface area contributed by atoms with E-state index in [1.165, 1.54) is 26.2 Å². The van der Waals surface area contributed by atoms with E-state index in [1.54, 1.807) is 18.2 Å². The molecule has 2 aromatic rings. The van der Waals surface area contributed by atoms with Crippen molar-refractivity contribution in [2.24, 2.45) is 0 Å². The first-order chi connectivity index (χ1) is 12.6. The second-order valence-corrected chi connectivity index (χ2v) is 7.22. The van der Waals surface area contributed by atoms with Gasteiger partial charge in [-0.1, -0.05) is 39.0 Å². The summed E-state index contributed by atoms with van der Waals surface area (Å²) in [6.45, 7) is 7.79. The lowest BCUT2D eigenvalue weighted by Gasteiger charge is -2.19. The average Bonchev–Trinajstić information content (AvgIpc) is 2.61. The molecule has 0 saturated carbocycles. The van der Waals surface area contributed by atoms with Crippen molar-refractivity contribution in [1.82, 2.24) is 0 Å². The number of hydrogen-bond acceptors (Lipinski definition) is 5. The molecule has 0 fully saturated rings. The van der Waals surface area contributed by atoms with Crippen LogP contribution < -0.4 is 10.1 Å². The van der Waals surface area contributed by atoms with Gasteiger partial charge in [0.15, 0.2) is 17.6 Å². The fraction of sp³-hybridized carbons (Fsp3) is 0.333. The standard InChI is InChI=1S/C21H25NO5/c1-13(27-20(25)16-7-6-8-17(26-5)18(16)23)19(24)22-15-11-9-14(10-12-15)21(2,3)4/h6-13,23H,1-5H3,(H,22,24). The quantitative estimate of drug-likeness (QED) is 0.779. The highest BCUT2D eigenvalue weighted by Crippen LogP contribution is 2.30. The lowest BCUT2D eigenvalue weighted by Crippen LogP contribution is -2.30. The van der Waals surface area contributed by atoms with Crippen molar-refractivity contribution < 1.29 is 24.2 Å². The molecule has 144 valence electrons. The number of esters is 1. The number of aromatic hydroxyl groups is 1. The molecule has 1 unspecified atom stereocenters. The molecule has 0 saturated heterocycles. The van der Waals surface area contributed by atoms with Crippen LogP contribution >= 0.6 is 0 Å². The summed E-state index contributed by atoms with van der Waals surface area (Å²) in [5.74, 6) is -1.44. The van der Waals surface area contributed by atoms with Gasteiger partial charge in [-0.25, -0.2) is 4.79 Å². The van der Waals surface area contributed by atoms with Crippen LogP contribution in [-0.2, 0) is 14.9 Å². The Balaban J connectivity index is 2.02. The lowest BCUT2D eigenvalue weighted by molar-refractivity contribution is -0.123. The van der Waals surface area contributed by atoms with E-state index in [4.69, 9.17) is 9.47 Å². The smallest absolute Gasteiger partial charge is 0.342 e. The van der Waals surface area contributed by atoms with Gasteiger partial charge < -0.3 is 19.9 Å². The summed E-state index contributed by atoms with van der Waals surface area (Å²) < 4.78 is 10.1. The van der Waals surface area contributed by atoms with Gasteiger partial charge in [0, 0.05) is 5.69 Å². The number of rotatable bonds is 5. The number of phenols is 1. The van der Waals surface area contributed by atoms with Gasteiger partial charge >= 0.3 is 5.97 Å². The summed E-state index contributed by atoms with van der Waals surface area (Å²) in [7, 11) is 1.38. The molecule has 6 heteroatoms.